The molecule has 1 aliphatic carbocycles. The quantitative estimate of drug-likeness (QED) is 0.170. The van der Waals surface area contributed by atoms with E-state index in [-0.39, 0.29) is 5.56 Å². The van der Waals surface area contributed by atoms with Crippen LogP contribution in [0.15, 0.2) is 91.0 Å². The van der Waals surface area contributed by atoms with Gasteiger partial charge in [0, 0.05) is 18.1 Å². The highest BCUT2D eigenvalue weighted by Crippen LogP contribution is 2.41. The maximum absolute atomic E-state index is 15.1. The molecule has 0 aliphatic heterocycles. The van der Waals surface area contributed by atoms with Gasteiger partial charge in [-0.3, -0.25) is 4.79 Å². The van der Waals surface area contributed by atoms with Gasteiger partial charge in [0.25, 0.3) is 5.91 Å². The summed E-state index contributed by atoms with van der Waals surface area (Å²) in [6, 6.07) is 18.3. The van der Waals surface area contributed by atoms with Crippen molar-refractivity contribution in [2.45, 2.75) is 68.7 Å². The molecule has 1 saturated carbocycles. The molecule has 4 aromatic carbocycles. The number of benzene rings is 4. The van der Waals surface area contributed by atoms with Crippen molar-refractivity contribution in [2.24, 2.45) is 0 Å². The fourth-order valence-corrected chi connectivity index (χ4v) is 6.15. The molecule has 1 fully saturated rings. The molecular weight excluding hydrogens is 649 g/mol. The smallest absolute Gasteiger partial charge is 0.428 e. The second kappa shape index (κ2) is 13.9. The van der Waals surface area contributed by atoms with Gasteiger partial charge in [-0.2, -0.15) is 30.7 Å². The van der Waals surface area contributed by atoms with E-state index >= 15 is 4.39 Å². The number of nitrogens with one attached hydrogen (secondary N) is 1. The predicted octanol–water partition coefficient (Wildman–Crippen LogP) is 10.2. The number of rotatable bonds is 10. The Hall–Kier alpha value is -4.48. The normalized spacial score (nSPS) is 15.6. The summed E-state index contributed by atoms with van der Waals surface area (Å²) in [6.07, 6.45) is -9.75. The van der Waals surface area contributed by atoms with E-state index in [1.54, 1.807) is 42.5 Å². The third-order valence-electron chi connectivity index (χ3n) is 8.53. The summed E-state index contributed by atoms with van der Waals surface area (Å²) in [6.45, 7) is 0. The minimum absolute atomic E-state index is 0.0715. The first kappa shape index (κ1) is 34.8. The number of hydrogen-bond donors (Lipinski definition) is 1. The van der Waals surface area contributed by atoms with Crippen LogP contribution < -0.4 is 10.1 Å². The van der Waals surface area contributed by atoms with Gasteiger partial charge in [0.2, 0.25) is 0 Å². The molecule has 0 unspecified atom stereocenters. The first-order valence-electron chi connectivity index (χ1n) is 15.2. The molecule has 48 heavy (non-hydrogen) atoms. The third-order valence-corrected chi connectivity index (χ3v) is 8.53. The van der Waals surface area contributed by atoms with Crippen molar-refractivity contribution >= 4 is 5.91 Å². The Balaban J connectivity index is 1.69. The van der Waals surface area contributed by atoms with Crippen LogP contribution in [0.2, 0.25) is 0 Å². The molecule has 1 atom stereocenters. The molecule has 0 bridgehead atoms. The molecule has 0 radical (unpaired) electrons. The maximum atomic E-state index is 15.1. The minimum Gasteiger partial charge on any atom is -0.428 e. The minimum atomic E-state index is -5.20. The Kier molecular flexibility index (Phi) is 10.1. The highest BCUT2D eigenvalue weighted by atomic mass is 19.4. The van der Waals surface area contributed by atoms with Crippen molar-refractivity contribution in [2.75, 3.05) is 0 Å². The number of ether oxygens (including phenoxy) is 1. The van der Waals surface area contributed by atoms with Crippen LogP contribution in [0.3, 0.4) is 0 Å². The van der Waals surface area contributed by atoms with E-state index in [1.807, 2.05) is 0 Å². The van der Waals surface area contributed by atoms with Crippen LogP contribution in [0.5, 0.6) is 5.75 Å². The van der Waals surface area contributed by atoms with Gasteiger partial charge in [0.05, 0.1) is 11.1 Å². The summed E-state index contributed by atoms with van der Waals surface area (Å²) in [7, 11) is 0. The number of alkyl halides is 7. The molecule has 1 amide bonds. The average molecular weight is 680 g/mol. The molecule has 0 spiro atoms. The zero-order valence-electron chi connectivity index (χ0n) is 25.3. The summed E-state index contributed by atoms with van der Waals surface area (Å²) < 4.78 is 130. The Morgan fingerprint density at radius 3 is 2.08 bits per heavy atom. The van der Waals surface area contributed by atoms with Crippen LogP contribution in [0.4, 0.5) is 39.5 Å². The van der Waals surface area contributed by atoms with E-state index in [2.05, 4.69) is 10.1 Å². The summed E-state index contributed by atoms with van der Waals surface area (Å²) in [5.74, 6) is -4.55. The van der Waals surface area contributed by atoms with Crippen molar-refractivity contribution in [3.63, 3.8) is 0 Å². The molecule has 0 aromatic heterocycles. The van der Waals surface area contributed by atoms with Gasteiger partial charge in [0.1, 0.15) is 17.4 Å². The monoisotopic (exact) mass is 679 g/mol. The molecule has 1 N–H and O–H groups in total. The van der Waals surface area contributed by atoms with Gasteiger partial charge in [-0.25, -0.2) is 8.78 Å². The Labute approximate surface area is 270 Å². The number of hydrogen-bond acceptors (Lipinski definition) is 2. The highest BCUT2D eigenvalue weighted by molar-refractivity contribution is 5.95. The highest BCUT2D eigenvalue weighted by Gasteiger charge is 2.45. The van der Waals surface area contributed by atoms with Crippen LogP contribution in [0.1, 0.15) is 76.2 Å². The van der Waals surface area contributed by atoms with Crippen molar-refractivity contribution < 1.29 is 49.0 Å². The van der Waals surface area contributed by atoms with E-state index in [0.717, 1.165) is 55.9 Å². The molecule has 0 saturated heterocycles. The lowest BCUT2D eigenvalue weighted by Gasteiger charge is -2.37. The molecule has 0 heterocycles. The van der Waals surface area contributed by atoms with Crippen molar-refractivity contribution in [3.8, 4) is 5.75 Å². The van der Waals surface area contributed by atoms with E-state index in [9.17, 15) is 39.9 Å². The second-order valence-electron chi connectivity index (χ2n) is 11.8. The fraction of sp³-hybridized carbons (Fsp3) is 0.306. The summed E-state index contributed by atoms with van der Waals surface area (Å²) in [5.41, 5.74) is -3.30. The van der Waals surface area contributed by atoms with Crippen molar-refractivity contribution in [1.82, 2.24) is 5.32 Å². The van der Waals surface area contributed by atoms with Crippen LogP contribution in [-0.4, -0.2) is 18.4 Å². The van der Waals surface area contributed by atoms with Gasteiger partial charge in [-0.1, -0.05) is 67.8 Å². The number of halogens is 9. The first-order chi connectivity index (χ1) is 22.7. The van der Waals surface area contributed by atoms with E-state index < -0.39 is 70.7 Å². The SMILES string of the molecule is O=C(N[C@@](Cc1ccccc1)(c1cc(F)cc(OC(F)(F)C(F)F)c1)c1ccc(F)c(C(F)(F)F)c1)c1ccc(C2CCCCC2)cc1. The Morgan fingerprint density at radius 2 is 1.46 bits per heavy atom. The lowest BCUT2D eigenvalue weighted by molar-refractivity contribution is -0.253. The predicted molar refractivity (Wildman–Crippen MR) is 160 cm³/mol. The maximum Gasteiger partial charge on any atom is 0.461 e. The second-order valence-corrected chi connectivity index (χ2v) is 11.8. The van der Waals surface area contributed by atoms with E-state index in [1.165, 1.54) is 12.1 Å². The molecule has 5 rings (SSSR count). The number of amides is 1. The molecule has 1 aliphatic rings. The van der Waals surface area contributed by atoms with E-state index in [4.69, 9.17) is 0 Å². The average Bonchev–Trinajstić information content (AvgIpc) is 3.04. The molecule has 12 heteroatoms. The lowest BCUT2D eigenvalue weighted by atomic mass is 9.77. The standard InChI is InChI=1S/C36H30F9NO2/c37-28-17-27(18-29(20-28)48-36(44,45)33(39)40)34(21-22-7-3-1-4-8-22,26-15-16-31(38)30(19-26)35(41,42)43)46-32(47)25-13-11-24(12-14-25)23-9-5-2-6-10-23/h1,3-4,7-8,11-20,23,33H,2,5-6,9-10,21H2,(H,46,47)/t34-/m1/s1. The molecule has 254 valence electrons. The largest absolute Gasteiger partial charge is 0.461 e. The molecule has 4 aromatic rings. The van der Waals surface area contributed by atoms with Gasteiger partial charge in [0.15, 0.2) is 0 Å². The van der Waals surface area contributed by atoms with Crippen LogP contribution in [-0.2, 0) is 18.1 Å². The van der Waals surface area contributed by atoms with Gasteiger partial charge >= 0.3 is 18.7 Å². The van der Waals surface area contributed by atoms with Gasteiger partial charge in [-0.05, 0) is 77.4 Å². The lowest BCUT2D eigenvalue weighted by Crippen LogP contribution is -2.49. The Bertz CT molecular complexity index is 1720. The summed E-state index contributed by atoms with van der Waals surface area (Å²) in [5, 5.41) is 2.68. The number of carbonyl (C=O) groups excluding carboxylic acids is 1. The zero-order chi connectivity index (χ0) is 34.7. The summed E-state index contributed by atoms with van der Waals surface area (Å²) >= 11 is 0. The fourth-order valence-electron chi connectivity index (χ4n) is 6.15. The Morgan fingerprint density at radius 1 is 0.792 bits per heavy atom. The third kappa shape index (κ3) is 7.79. The van der Waals surface area contributed by atoms with Crippen LogP contribution in [0, 0.1) is 11.6 Å². The van der Waals surface area contributed by atoms with Crippen LogP contribution in [0.25, 0.3) is 0 Å². The first-order valence-corrected chi connectivity index (χ1v) is 15.2. The number of carbonyl (C=O) groups is 1. The van der Waals surface area contributed by atoms with Gasteiger partial charge in [-0.15, -0.1) is 0 Å². The van der Waals surface area contributed by atoms with E-state index in [0.29, 0.717) is 29.7 Å². The topological polar surface area (TPSA) is 38.3 Å². The van der Waals surface area contributed by atoms with Crippen molar-refractivity contribution in [3.05, 3.63) is 136 Å². The van der Waals surface area contributed by atoms with Crippen LogP contribution >= 0.6 is 0 Å². The van der Waals surface area contributed by atoms with Gasteiger partial charge < -0.3 is 10.1 Å². The molecular formula is C36H30F9NO2. The molecule has 3 nitrogen and oxygen atoms in total. The van der Waals surface area contributed by atoms with Crippen molar-refractivity contribution in [1.29, 1.82) is 0 Å². The zero-order valence-corrected chi connectivity index (χ0v) is 25.3. The summed E-state index contributed by atoms with van der Waals surface area (Å²) in [4.78, 5) is 14.0.